The number of fused-ring (bicyclic) bond motifs is 1. The molecule has 1 aromatic carbocycles. The van der Waals surface area contributed by atoms with Crippen LogP contribution in [-0.2, 0) is 6.42 Å². The topological polar surface area (TPSA) is 0 Å². The maximum Gasteiger partial charge on any atom is 0.162 e. The van der Waals surface area contributed by atoms with Crippen LogP contribution in [0, 0.1) is 23.5 Å². The van der Waals surface area contributed by atoms with Crippen molar-refractivity contribution in [1.29, 1.82) is 0 Å². The number of halogens is 2. The second-order valence-corrected chi connectivity index (χ2v) is 6.27. The van der Waals surface area contributed by atoms with Crippen molar-refractivity contribution in [3.63, 3.8) is 0 Å². The van der Waals surface area contributed by atoms with E-state index in [-0.39, 0.29) is 0 Å². The molecule has 1 fully saturated rings. The lowest BCUT2D eigenvalue weighted by molar-refractivity contribution is 0.292. The van der Waals surface area contributed by atoms with Crippen molar-refractivity contribution in [3.8, 4) is 0 Å². The highest BCUT2D eigenvalue weighted by Crippen LogP contribution is 2.39. The smallest absolute Gasteiger partial charge is 0.162 e. The van der Waals surface area contributed by atoms with Gasteiger partial charge in [0.1, 0.15) is 0 Å². The van der Waals surface area contributed by atoms with Crippen LogP contribution in [0.4, 0.5) is 8.78 Å². The molecule has 0 radical (unpaired) electrons. The molecule has 0 amide bonds. The third kappa shape index (κ3) is 2.53. The minimum absolute atomic E-state index is 0.566. The van der Waals surface area contributed by atoms with Crippen LogP contribution in [0.2, 0.25) is 0 Å². The van der Waals surface area contributed by atoms with Gasteiger partial charge in [0.2, 0.25) is 0 Å². The van der Waals surface area contributed by atoms with E-state index in [1.165, 1.54) is 43.7 Å². The van der Waals surface area contributed by atoms with E-state index in [9.17, 15) is 8.78 Å². The molecule has 0 spiro atoms. The summed E-state index contributed by atoms with van der Waals surface area (Å²) in [6, 6.07) is 2.98. The van der Waals surface area contributed by atoms with Crippen LogP contribution in [0.25, 0.3) is 6.08 Å². The van der Waals surface area contributed by atoms with Gasteiger partial charge < -0.3 is 0 Å². The Morgan fingerprint density at radius 3 is 2.50 bits per heavy atom. The Hall–Kier alpha value is -1.18. The Morgan fingerprint density at radius 2 is 1.80 bits per heavy atom. The lowest BCUT2D eigenvalue weighted by Gasteiger charge is -2.31. The fourth-order valence-corrected chi connectivity index (χ4v) is 3.80. The van der Waals surface area contributed by atoms with Crippen LogP contribution in [0.3, 0.4) is 0 Å². The summed E-state index contributed by atoms with van der Waals surface area (Å²) in [6.45, 7) is 2.28. The van der Waals surface area contributed by atoms with Crippen LogP contribution in [0.1, 0.15) is 56.6 Å². The SMILES string of the molecule is CCC1CCC(C2=Cc3ccc(F)c(F)c3CC2)CC1. The van der Waals surface area contributed by atoms with E-state index in [0.717, 1.165) is 17.9 Å². The molecule has 0 unspecified atom stereocenters. The predicted octanol–water partition coefficient (Wildman–Crippen LogP) is 5.51. The van der Waals surface area contributed by atoms with Crippen molar-refractivity contribution < 1.29 is 8.78 Å². The largest absolute Gasteiger partial charge is 0.204 e. The summed E-state index contributed by atoms with van der Waals surface area (Å²) in [5.74, 6) is 0.199. The Balaban J connectivity index is 1.79. The monoisotopic (exact) mass is 276 g/mol. The van der Waals surface area contributed by atoms with Crippen molar-refractivity contribution in [2.45, 2.75) is 51.9 Å². The van der Waals surface area contributed by atoms with Gasteiger partial charge in [-0.15, -0.1) is 0 Å². The highest BCUT2D eigenvalue weighted by atomic mass is 19.2. The van der Waals surface area contributed by atoms with Gasteiger partial charge in [0, 0.05) is 0 Å². The van der Waals surface area contributed by atoms with E-state index in [1.54, 1.807) is 6.07 Å². The number of hydrogen-bond acceptors (Lipinski definition) is 0. The molecule has 0 nitrogen and oxygen atoms in total. The minimum Gasteiger partial charge on any atom is -0.204 e. The fraction of sp³-hybridized carbons (Fsp3) is 0.556. The summed E-state index contributed by atoms with van der Waals surface area (Å²) in [5, 5.41) is 0. The van der Waals surface area contributed by atoms with Crippen LogP contribution < -0.4 is 0 Å². The number of hydrogen-bond donors (Lipinski definition) is 0. The van der Waals surface area contributed by atoms with E-state index in [1.807, 2.05) is 0 Å². The highest BCUT2D eigenvalue weighted by Gasteiger charge is 2.25. The zero-order valence-corrected chi connectivity index (χ0v) is 12.1. The maximum absolute atomic E-state index is 13.7. The Morgan fingerprint density at radius 1 is 1.05 bits per heavy atom. The van der Waals surface area contributed by atoms with E-state index in [0.29, 0.717) is 17.9 Å². The molecule has 0 atom stereocenters. The average molecular weight is 276 g/mol. The molecule has 0 aliphatic heterocycles. The first-order chi connectivity index (χ1) is 9.69. The normalized spacial score (nSPS) is 26.1. The molecule has 0 saturated heterocycles. The zero-order chi connectivity index (χ0) is 14.1. The third-order valence-electron chi connectivity index (χ3n) is 5.19. The van der Waals surface area contributed by atoms with Gasteiger partial charge >= 0.3 is 0 Å². The molecular weight excluding hydrogens is 254 g/mol. The third-order valence-corrected chi connectivity index (χ3v) is 5.19. The number of allylic oxidation sites excluding steroid dienone is 1. The summed E-state index contributed by atoms with van der Waals surface area (Å²) in [7, 11) is 0. The molecule has 3 rings (SSSR count). The summed E-state index contributed by atoms with van der Waals surface area (Å²) in [5.41, 5.74) is 2.91. The average Bonchev–Trinajstić information content (AvgIpc) is 2.51. The van der Waals surface area contributed by atoms with E-state index < -0.39 is 11.6 Å². The molecule has 1 aromatic rings. The minimum atomic E-state index is -0.718. The molecule has 0 N–H and O–H groups in total. The first-order valence-corrected chi connectivity index (χ1v) is 7.86. The van der Waals surface area contributed by atoms with E-state index in [2.05, 4.69) is 13.0 Å². The van der Waals surface area contributed by atoms with Gasteiger partial charge in [-0.2, -0.15) is 0 Å². The van der Waals surface area contributed by atoms with Crippen molar-refractivity contribution in [1.82, 2.24) is 0 Å². The molecular formula is C18H22F2. The van der Waals surface area contributed by atoms with Crippen LogP contribution in [0.5, 0.6) is 0 Å². The highest BCUT2D eigenvalue weighted by molar-refractivity contribution is 5.60. The van der Waals surface area contributed by atoms with Crippen LogP contribution in [-0.4, -0.2) is 0 Å². The second kappa shape index (κ2) is 5.67. The first kappa shape index (κ1) is 13.8. The van der Waals surface area contributed by atoms with E-state index in [4.69, 9.17) is 0 Å². The molecule has 108 valence electrons. The van der Waals surface area contributed by atoms with Crippen LogP contribution in [0.15, 0.2) is 17.7 Å². The van der Waals surface area contributed by atoms with Crippen molar-refractivity contribution >= 4 is 6.08 Å². The lowest BCUT2D eigenvalue weighted by atomic mass is 9.74. The molecule has 2 aliphatic carbocycles. The Bertz CT molecular complexity index is 522. The summed E-state index contributed by atoms with van der Waals surface area (Å²) in [4.78, 5) is 0. The summed E-state index contributed by atoms with van der Waals surface area (Å²) in [6.07, 6.45) is 10.1. The summed E-state index contributed by atoms with van der Waals surface area (Å²) >= 11 is 0. The van der Waals surface area contributed by atoms with Gasteiger partial charge in [0.15, 0.2) is 11.6 Å². The second-order valence-electron chi connectivity index (χ2n) is 6.27. The lowest BCUT2D eigenvalue weighted by Crippen LogP contribution is -2.18. The quantitative estimate of drug-likeness (QED) is 0.668. The Labute approximate surface area is 119 Å². The molecule has 2 heteroatoms. The standard InChI is InChI=1S/C18H22F2/c1-2-12-3-5-13(6-4-12)14-7-9-16-15(11-14)8-10-17(19)18(16)20/h8,10-13H,2-7,9H2,1H3. The molecule has 20 heavy (non-hydrogen) atoms. The molecule has 0 aromatic heterocycles. The van der Waals surface area contributed by atoms with E-state index >= 15 is 0 Å². The van der Waals surface area contributed by atoms with Gasteiger partial charge in [-0.3, -0.25) is 0 Å². The Kier molecular flexibility index (Phi) is 3.91. The molecule has 0 heterocycles. The predicted molar refractivity (Wildman–Crippen MR) is 78.4 cm³/mol. The number of benzene rings is 1. The molecule has 2 aliphatic rings. The van der Waals surface area contributed by atoms with Crippen LogP contribution >= 0.6 is 0 Å². The van der Waals surface area contributed by atoms with Gasteiger partial charge in [-0.25, -0.2) is 8.78 Å². The molecule has 1 saturated carbocycles. The number of rotatable bonds is 2. The maximum atomic E-state index is 13.7. The van der Waals surface area contributed by atoms with Gasteiger partial charge in [0.05, 0.1) is 0 Å². The first-order valence-electron chi connectivity index (χ1n) is 7.86. The molecule has 0 bridgehead atoms. The van der Waals surface area contributed by atoms with Gasteiger partial charge in [-0.1, -0.05) is 31.1 Å². The summed E-state index contributed by atoms with van der Waals surface area (Å²) < 4.78 is 27.0. The van der Waals surface area contributed by atoms with Gasteiger partial charge in [-0.05, 0) is 67.6 Å². The fourth-order valence-electron chi connectivity index (χ4n) is 3.80. The van der Waals surface area contributed by atoms with Gasteiger partial charge in [0.25, 0.3) is 0 Å². The van der Waals surface area contributed by atoms with Crippen molar-refractivity contribution in [2.24, 2.45) is 11.8 Å². The zero-order valence-electron chi connectivity index (χ0n) is 12.1. The van der Waals surface area contributed by atoms with Crippen molar-refractivity contribution in [2.75, 3.05) is 0 Å². The van der Waals surface area contributed by atoms with Crippen molar-refractivity contribution in [3.05, 3.63) is 40.5 Å².